The maximum atomic E-state index is 6.30. The van der Waals surface area contributed by atoms with Gasteiger partial charge in [-0.05, 0) is 93.7 Å². The van der Waals surface area contributed by atoms with Crippen molar-refractivity contribution < 1.29 is 8.83 Å². The summed E-state index contributed by atoms with van der Waals surface area (Å²) in [4.78, 5) is 4.81. The van der Waals surface area contributed by atoms with Gasteiger partial charge in [0.15, 0.2) is 0 Å². The highest BCUT2D eigenvalue weighted by Crippen LogP contribution is 2.38. The smallest absolute Gasteiger partial charge is 0.137 e. The molecule has 0 N–H and O–H groups in total. The van der Waals surface area contributed by atoms with Gasteiger partial charge in [0.25, 0.3) is 0 Å². The van der Waals surface area contributed by atoms with Gasteiger partial charge in [-0.25, -0.2) is 4.98 Å². The molecule has 4 aromatic heterocycles. The minimum atomic E-state index is 0.873. The minimum absolute atomic E-state index is 0.873. The molecule has 0 bridgehead atoms. The van der Waals surface area contributed by atoms with E-state index in [0.29, 0.717) is 0 Å². The third-order valence-corrected chi connectivity index (χ3v) is 9.00. The van der Waals surface area contributed by atoms with Gasteiger partial charge < -0.3 is 13.2 Å². The molecule has 0 unspecified atom stereocenters. The number of fused-ring (bicyclic) bond motifs is 8. The van der Waals surface area contributed by atoms with Gasteiger partial charge in [0.2, 0.25) is 0 Å². The zero-order chi connectivity index (χ0) is 29.5. The van der Waals surface area contributed by atoms with Crippen LogP contribution in [-0.4, -0.2) is 9.38 Å². The first-order valence-corrected chi connectivity index (χ1v) is 15.1. The van der Waals surface area contributed by atoms with Crippen LogP contribution in [0.5, 0.6) is 0 Å². The van der Waals surface area contributed by atoms with Crippen molar-refractivity contribution in [2.45, 2.75) is 0 Å². The molecule has 0 aliphatic rings. The van der Waals surface area contributed by atoms with Crippen molar-refractivity contribution in [3.63, 3.8) is 0 Å². The van der Waals surface area contributed by atoms with E-state index in [9.17, 15) is 0 Å². The molecular formula is C41H24N2O2. The average Bonchev–Trinajstić information content (AvgIpc) is 3.79. The molecule has 4 nitrogen and oxygen atoms in total. The van der Waals surface area contributed by atoms with E-state index in [1.54, 1.807) is 0 Å². The normalized spacial score (nSPS) is 12.0. The van der Waals surface area contributed by atoms with Gasteiger partial charge >= 0.3 is 0 Å². The highest BCUT2D eigenvalue weighted by atomic mass is 16.3. The van der Waals surface area contributed by atoms with Crippen molar-refractivity contribution in [3.8, 4) is 33.5 Å². The van der Waals surface area contributed by atoms with E-state index < -0.39 is 0 Å². The predicted octanol–water partition coefficient (Wildman–Crippen LogP) is 11.3. The molecule has 45 heavy (non-hydrogen) atoms. The molecule has 0 saturated heterocycles. The summed E-state index contributed by atoms with van der Waals surface area (Å²) in [6.07, 6.45) is 4.11. The fourth-order valence-electron chi connectivity index (χ4n) is 6.71. The number of aromatic nitrogens is 2. The van der Waals surface area contributed by atoms with Crippen LogP contribution in [0, 0.1) is 0 Å². The minimum Gasteiger partial charge on any atom is -0.456 e. The fourth-order valence-corrected chi connectivity index (χ4v) is 6.71. The molecule has 4 heteroatoms. The van der Waals surface area contributed by atoms with E-state index in [0.717, 1.165) is 66.3 Å². The molecule has 4 heterocycles. The van der Waals surface area contributed by atoms with Crippen molar-refractivity contribution in [2.24, 2.45) is 0 Å². The molecule has 0 atom stereocenters. The zero-order valence-corrected chi connectivity index (χ0v) is 24.1. The molecular weight excluding hydrogens is 552 g/mol. The molecule has 6 aromatic carbocycles. The van der Waals surface area contributed by atoms with Crippen LogP contribution < -0.4 is 0 Å². The van der Waals surface area contributed by atoms with Gasteiger partial charge in [0.1, 0.15) is 28.0 Å². The van der Waals surface area contributed by atoms with Crippen molar-refractivity contribution in [1.29, 1.82) is 0 Å². The van der Waals surface area contributed by atoms with Crippen molar-refractivity contribution in [3.05, 3.63) is 146 Å². The largest absolute Gasteiger partial charge is 0.456 e. The topological polar surface area (TPSA) is 43.6 Å². The first-order valence-electron chi connectivity index (χ1n) is 15.1. The van der Waals surface area contributed by atoms with E-state index in [4.69, 9.17) is 13.8 Å². The van der Waals surface area contributed by atoms with E-state index in [2.05, 4.69) is 108 Å². The lowest BCUT2D eigenvalue weighted by atomic mass is 9.96. The Balaban J connectivity index is 1.02. The standard InChI is InChI=1S/C41H24N2O2/c1-2-9-37-32(8-1)34-22-40-35(23-39(34)44-37)33-21-30(15-16-38(33)45-40)29-14-13-27-18-26(11-12-28(27)19-29)25-6-5-7-31(20-25)36-24-43-17-4-3-10-41(43)42-36/h1-24H. The Morgan fingerprint density at radius 2 is 1.04 bits per heavy atom. The molecule has 10 rings (SSSR count). The second-order valence-electron chi connectivity index (χ2n) is 11.7. The van der Waals surface area contributed by atoms with Crippen LogP contribution in [0.1, 0.15) is 0 Å². The molecule has 0 saturated carbocycles. The summed E-state index contributed by atoms with van der Waals surface area (Å²) in [5.41, 5.74) is 11.2. The Kier molecular flexibility index (Phi) is 4.96. The van der Waals surface area contributed by atoms with E-state index in [1.165, 1.54) is 27.5 Å². The van der Waals surface area contributed by atoms with Crippen LogP contribution in [0.4, 0.5) is 0 Å². The number of para-hydroxylation sites is 1. The van der Waals surface area contributed by atoms with Crippen molar-refractivity contribution in [1.82, 2.24) is 9.38 Å². The first-order chi connectivity index (χ1) is 22.2. The summed E-state index contributed by atoms with van der Waals surface area (Å²) in [6, 6.07) is 46.9. The van der Waals surface area contributed by atoms with Gasteiger partial charge in [-0.2, -0.15) is 0 Å². The molecule has 0 radical (unpaired) electrons. The Bertz CT molecular complexity index is 2740. The average molecular weight is 577 g/mol. The second kappa shape index (κ2) is 9.18. The summed E-state index contributed by atoms with van der Waals surface area (Å²) >= 11 is 0. The summed E-state index contributed by atoms with van der Waals surface area (Å²) in [6.45, 7) is 0. The Hall–Kier alpha value is -6.13. The van der Waals surface area contributed by atoms with E-state index in [1.807, 2.05) is 42.6 Å². The van der Waals surface area contributed by atoms with E-state index >= 15 is 0 Å². The summed E-state index contributed by atoms with van der Waals surface area (Å²) in [7, 11) is 0. The van der Waals surface area contributed by atoms with Crippen LogP contribution >= 0.6 is 0 Å². The first kappa shape index (κ1) is 24.3. The number of hydrogen-bond acceptors (Lipinski definition) is 3. The van der Waals surface area contributed by atoms with Crippen LogP contribution in [0.25, 0.3) is 93.8 Å². The number of benzene rings is 6. The zero-order valence-electron chi connectivity index (χ0n) is 24.1. The van der Waals surface area contributed by atoms with Crippen LogP contribution in [0.15, 0.2) is 155 Å². The van der Waals surface area contributed by atoms with Gasteiger partial charge in [0.05, 0.1) is 5.69 Å². The molecule has 0 aliphatic carbocycles. The van der Waals surface area contributed by atoms with Crippen LogP contribution in [0.3, 0.4) is 0 Å². The third-order valence-electron chi connectivity index (χ3n) is 9.00. The Labute approximate surface area is 257 Å². The van der Waals surface area contributed by atoms with Crippen LogP contribution in [-0.2, 0) is 0 Å². The maximum absolute atomic E-state index is 6.30. The lowest BCUT2D eigenvalue weighted by molar-refractivity contribution is 0.664. The molecule has 210 valence electrons. The third kappa shape index (κ3) is 3.82. The number of nitrogens with zero attached hydrogens (tertiary/aromatic N) is 2. The quantitative estimate of drug-likeness (QED) is 0.210. The van der Waals surface area contributed by atoms with Gasteiger partial charge in [-0.3, -0.25) is 0 Å². The molecule has 0 aliphatic heterocycles. The highest BCUT2D eigenvalue weighted by Gasteiger charge is 2.14. The van der Waals surface area contributed by atoms with Crippen molar-refractivity contribution in [2.75, 3.05) is 0 Å². The number of pyridine rings is 1. The molecule has 0 amide bonds. The summed E-state index contributed by atoms with van der Waals surface area (Å²) < 4.78 is 14.5. The lowest BCUT2D eigenvalue weighted by Crippen LogP contribution is -1.83. The molecule has 0 spiro atoms. The van der Waals surface area contributed by atoms with E-state index in [-0.39, 0.29) is 0 Å². The van der Waals surface area contributed by atoms with Crippen LogP contribution in [0.2, 0.25) is 0 Å². The predicted molar refractivity (Wildman–Crippen MR) is 184 cm³/mol. The second-order valence-corrected chi connectivity index (χ2v) is 11.7. The monoisotopic (exact) mass is 576 g/mol. The SMILES string of the molecule is c1cc(-c2ccc3cc(-c4ccc5oc6cc7c(cc6c5c4)oc4ccccc47)ccc3c2)cc(-c2cn3ccccc3n2)c1. The number of imidazole rings is 1. The fraction of sp³-hybridized carbons (Fsp3) is 0. The number of rotatable bonds is 3. The Morgan fingerprint density at radius 1 is 0.422 bits per heavy atom. The summed E-state index contributed by atoms with van der Waals surface area (Å²) in [5, 5.41) is 6.74. The molecule has 10 aromatic rings. The summed E-state index contributed by atoms with van der Waals surface area (Å²) in [5.74, 6) is 0. The molecule has 0 fully saturated rings. The van der Waals surface area contributed by atoms with Gasteiger partial charge in [0, 0.05) is 39.5 Å². The van der Waals surface area contributed by atoms with Gasteiger partial charge in [-0.15, -0.1) is 0 Å². The number of hydrogen-bond donors (Lipinski definition) is 0. The van der Waals surface area contributed by atoms with Crippen molar-refractivity contribution >= 4 is 60.3 Å². The highest BCUT2D eigenvalue weighted by molar-refractivity contribution is 6.15. The lowest BCUT2D eigenvalue weighted by Gasteiger charge is -2.08. The number of furan rings is 2. The maximum Gasteiger partial charge on any atom is 0.137 e. The van der Waals surface area contributed by atoms with Gasteiger partial charge in [-0.1, -0.05) is 72.8 Å². The Morgan fingerprint density at radius 3 is 1.84 bits per heavy atom.